The van der Waals surface area contributed by atoms with Crippen molar-refractivity contribution in [3.05, 3.63) is 18.2 Å². The van der Waals surface area contributed by atoms with E-state index in [0.29, 0.717) is 13.1 Å². The maximum Gasteiger partial charge on any atom is 0.214 e. The molecule has 0 unspecified atom stereocenters. The Morgan fingerprint density at radius 2 is 2.10 bits per heavy atom. The Morgan fingerprint density at radius 1 is 1.35 bits per heavy atom. The van der Waals surface area contributed by atoms with Crippen LogP contribution in [-0.4, -0.2) is 59.6 Å². The molecule has 0 aromatic carbocycles. The van der Waals surface area contributed by atoms with Gasteiger partial charge in [-0.15, -0.1) is 0 Å². The molecule has 1 aliphatic rings. The van der Waals surface area contributed by atoms with E-state index in [1.54, 1.807) is 10.5 Å². The minimum absolute atomic E-state index is 0.0279. The molecular formula is C13H24N4O2S. The summed E-state index contributed by atoms with van der Waals surface area (Å²) in [4.78, 5) is 6.54. The molecule has 6 nitrogen and oxygen atoms in total. The molecule has 1 aliphatic heterocycles. The summed E-state index contributed by atoms with van der Waals surface area (Å²) in [5, 5.41) is 0. The van der Waals surface area contributed by atoms with Crippen molar-refractivity contribution in [3.8, 4) is 0 Å². The molecule has 20 heavy (non-hydrogen) atoms. The second kappa shape index (κ2) is 6.24. The van der Waals surface area contributed by atoms with E-state index in [9.17, 15) is 8.42 Å². The van der Waals surface area contributed by atoms with Gasteiger partial charge in [-0.2, -0.15) is 4.31 Å². The second-order valence-electron chi connectivity index (χ2n) is 5.42. The minimum atomic E-state index is -3.14. The van der Waals surface area contributed by atoms with Crippen molar-refractivity contribution in [2.24, 2.45) is 7.05 Å². The number of rotatable bonds is 5. The summed E-state index contributed by atoms with van der Waals surface area (Å²) in [6, 6.07) is 0.0279. The van der Waals surface area contributed by atoms with Crippen molar-refractivity contribution in [1.29, 1.82) is 0 Å². The van der Waals surface area contributed by atoms with E-state index in [4.69, 9.17) is 0 Å². The van der Waals surface area contributed by atoms with Crippen LogP contribution in [-0.2, 0) is 17.1 Å². The quantitative estimate of drug-likeness (QED) is 0.808. The largest absolute Gasteiger partial charge is 0.337 e. The fraction of sp³-hybridized carbons (Fsp3) is 0.769. The molecule has 1 atom stereocenters. The lowest BCUT2D eigenvalue weighted by Crippen LogP contribution is -2.50. The van der Waals surface area contributed by atoms with E-state index in [0.717, 1.165) is 25.2 Å². The molecule has 0 radical (unpaired) electrons. The van der Waals surface area contributed by atoms with Gasteiger partial charge in [0.2, 0.25) is 10.0 Å². The molecule has 1 aromatic rings. The fourth-order valence-corrected chi connectivity index (χ4v) is 4.17. The van der Waals surface area contributed by atoms with Crippen LogP contribution in [0.2, 0.25) is 0 Å². The van der Waals surface area contributed by atoms with Gasteiger partial charge in [0.25, 0.3) is 0 Å². The van der Waals surface area contributed by atoms with Crippen LogP contribution in [0.3, 0.4) is 0 Å². The van der Waals surface area contributed by atoms with Gasteiger partial charge >= 0.3 is 0 Å². The molecule has 114 valence electrons. The summed E-state index contributed by atoms with van der Waals surface area (Å²) in [7, 11) is 0.832. The average Bonchev–Trinajstić information content (AvgIpc) is 2.83. The number of unbranched alkanes of at least 4 members (excludes halogenated alkanes) is 1. The molecule has 0 N–H and O–H groups in total. The number of likely N-dealkylation sites (N-methyl/N-ethyl adjacent to an activating group) is 1. The first kappa shape index (κ1) is 15.5. The van der Waals surface area contributed by atoms with Crippen LogP contribution in [0.25, 0.3) is 0 Å². The van der Waals surface area contributed by atoms with E-state index >= 15 is 0 Å². The molecule has 0 spiro atoms. The fourth-order valence-electron chi connectivity index (χ4n) is 2.53. The lowest BCUT2D eigenvalue weighted by atomic mass is 10.2. The summed E-state index contributed by atoms with van der Waals surface area (Å²) < 4.78 is 28.3. The van der Waals surface area contributed by atoms with E-state index < -0.39 is 10.0 Å². The van der Waals surface area contributed by atoms with Crippen LogP contribution in [0.4, 0.5) is 0 Å². The van der Waals surface area contributed by atoms with E-state index in [2.05, 4.69) is 9.88 Å². The Bertz CT molecular complexity index is 540. The number of sulfonamides is 1. The van der Waals surface area contributed by atoms with Gasteiger partial charge in [0, 0.05) is 39.1 Å². The summed E-state index contributed by atoms with van der Waals surface area (Å²) in [6.07, 6.45) is 5.28. The summed E-state index contributed by atoms with van der Waals surface area (Å²) >= 11 is 0. The molecule has 7 heteroatoms. The van der Waals surface area contributed by atoms with Crippen LogP contribution >= 0.6 is 0 Å². The zero-order valence-electron chi connectivity index (χ0n) is 12.5. The first-order chi connectivity index (χ1) is 9.45. The lowest BCUT2D eigenvalue weighted by Gasteiger charge is -2.38. The third-order valence-electron chi connectivity index (χ3n) is 3.92. The van der Waals surface area contributed by atoms with Crippen LogP contribution in [0.1, 0.15) is 31.6 Å². The van der Waals surface area contributed by atoms with Crippen molar-refractivity contribution in [3.63, 3.8) is 0 Å². The zero-order valence-corrected chi connectivity index (χ0v) is 13.3. The van der Waals surface area contributed by atoms with Gasteiger partial charge < -0.3 is 4.57 Å². The SMILES string of the molecule is CCCCS(=O)(=O)N1CCN(C)[C@H](c2nccn2C)C1. The number of nitrogens with zero attached hydrogens (tertiary/aromatic N) is 4. The van der Waals surface area contributed by atoms with Crippen molar-refractivity contribution in [1.82, 2.24) is 18.8 Å². The van der Waals surface area contributed by atoms with Gasteiger partial charge in [-0.3, -0.25) is 4.90 Å². The van der Waals surface area contributed by atoms with E-state index in [-0.39, 0.29) is 11.8 Å². The van der Waals surface area contributed by atoms with Crippen molar-refractivity contribution in [2.45, 2.75) is 25.8 Å². The van der Waals surface area contributed by atoms with E-state index in [1.165, 1.54) is 0 Å². The molecule has 1 aromatic heterocycles. The highest BCUT2D eigenvalue weighted by molar-refractivity contribution is 7.89. The number of aryl methyl sites for hydroxylation is 1. The first-order valence-electron chi connectivity index (χ1n) is 7.11. The normalized spacial score (nSPS) is 22.2. The molecule has 1 saturated heterocycles. The monoisotopic (exact) mass is 300 g/mol. The number of imidazole rings is 1. The van der Waals surface area contributed by atoms with Crippen LogP contribution in [0.5, 0.6) is 0 Å². The number of hydrogen-bond donors (Lipinski definition) is 0. The van der Waals surface area contributed by atoms with Crippen molar-refractivity contribution >= 4 is 10.0 Å². The molecular weight excluding hydrogens is 276 g/mol. The number of piperazine rings is 1. The van der Waals surface area contributed by atoms with Gasteiger partial charge in [-0.1, -0.05) is 13.3 Å². The standard InChI is InChI=1S/C13H24N4O2S/c1-4-5-10-20(18,19)17-9-8-15(2)12(11-17)13-14-6-7-16(13)3/h6-7,12H,4-5,8-11H2,1-3H3/t12-/m0/s1. The first-order valence-corrected chi connectivity index (χ1v) is 8.72. The molecule has 1 fully saturated rings. The Hall–Kier alpha value is -0.920. The van der Waals surface area contributed by atoms with Gasteiger partial charge in [0.15, 0.2) is 0 Å². The lowest BCUT2D eigenvalue weighted by molar-refractivity contribution is 0.140. The predicted molar refractivity (Wildman–Crippen MR) is 78.8 cm³/mol. The highest BCUT2D eigenvalue weighted by Gasteiger charge is 2.33. The van der Waals surface area contributed by atoms with Crippen molar-refractivity contribution in [2.75, 3.05) is 32.4 Å². The Balaban J connectivity index is 2.14. The Kier molecular flexibility index (Phi) is 4.82. The maximum absolute atomic E-state index is 12.3. The molecule has 0 amide bonds. The predicted octanol–water partition coefficient (Wildman–Crippen LogP) is 0.838. The zero-order chi connectivity index (χ0) is 14.8. The molecule has 0 saturated carbocycles. The molecule has 0 bridgehead atoms. The Labute approximate surface area is 121 Å². The van der Waals surface area contributed by atoms with Crippen LogP contribution < -0.4 is 0 Å². The number of aromatic nitrogens is 2. The maximum atomic E-state index is 12.3. The Morgan fingerprint density at radius 3 is 2.70 bits per heavy atom. The van der Waals surface area contributed by atoms with E-state index in [1.807, 2.05) is 31.8 Å². The molecule has 2 heterocycles. The number of hydrogen-bond acceptors (Lipinski definition) is 4. The minimum Gasteiger partial charge on any atom is -0.337 e. The highest BCUT2D eigenvalue weighted by Crippen LogP contribution is 2.24. The summed E-state index contributed by atoms with van der Waals surface area (Å²) in [5.74, 6) is 1.17. The topological polar surface area (TPSA) is 58.4 Å². The summed E-state index contributed by atoms with van der Waals surface area (Å²) in [6.45, 7) is 3.82. The second-order valence-corrected chi connectivity index (χ2v) is 7.51. The van der Waals surface area contributed by atoms with Gasteiger partial charge in [0.1, 0.15) is 5.82 Å². The summed E-state index contributed by atoms with van der Waals surface area (Å²) in [5.41, 5.74) is 0. The van der Waals surface area contributed by atoms with Gasteiger partial charge in [0.05, 0.1) is 11.8 Å². The molecule has 2 rings (SSSR count). The van der Waals surface area contributed by atoms with Gasteiger partial charge in [-0.05, 0) is 13.5 Å². The van der Waals surface area contributed by atoms with Gasteiger partial charge in [-0.25, -0.2) is 13.4 Å². The highest BCUT2D eigenvalue weighted by atomic mass is 32.2. The third-order valence-corrected chi connectivity index (χ3v) is 5.84. The van der Waals surface area contributed by atoms with Crippen molar-refractivity contribution < 1.29 is 8.42 Å². The van der Waals surface area contributed by atoms with Crippen LogP contribution in [0, 0.1) is 0 Å². The smallest absolute Gasteiger partial charge is 0.214 e. The average molecular weight is 300 g/mol. The molecule has 0 aliphatic carbocycles. The van der Waals surface area contributed by atoms with Crippen LogP contribution in [0.15, 0.2) is 12.4 Å². The third kappa shape index (κ3) is 3.21.